The Morgan fingerprint density at radius 3 is 2.61 bits per heavy atom. The van der Waals surface area contributed by atoms with Crippen LogP contribution in [0.4, 0.5) is 5.69 Å². The zero-order chi connectivity index (χ0) is 20.6. The van der Waals surface area contributed by atoms with Gasteiger partial charge in [-0.1, -0.05) is 37.0 Å². The van der Waals surface area contributed by atoms with Gasteiger partial charge in [0.15, 0.2) is 5.76 Å². The van der Waals surface area contributed by atoms with Crippen molar-refractivity contribution in [2.45, 2.75) is 33.6 Å². The van der Waals surface area contributed by atoms with Gasteiger partial charge in [0, 0.05) is 22.6 Å². The molecule has 0 saturated carbocycles. The maximum absolute atomic E-state index is 12.8. The minimum absolute atomic E-state index is 0.109. The normalized spacial score (nSPS) is 16.5. The summed E-state index contributed by atoms with van der Waals surface area (Å²) in [7, 11) is 0. The predicted octanol–water partition coefficient (Wildman–Crippen LogP) is 4.10. The summed E-state index contributed by atoms with van der Waals surface area (Å²) in [4.78, 5) is 12.8. The molecule has 1 heterocycles. The van der Waals surface area contributed by atoms with Crippen molar-refractivity contribution in [3.63, 3.8) is 0 Å². The summed E-state index contributed by atoms with van der Waals surface area (Å²) in [5, 5.41) is 11.6. The monoisotopic (exact) mass is 421 g/mol. The maximum atomic E-state index is 12.8. The van der Waals surface area contributed by atoms with Crippen molar-refractivity contribution >= 4 is 46.5 Å². The van der Waals surface area contributed by atoms with Gasteiger partial charge in [-0.25, -0.2) is 0 Å². The van der Waals surface area contributed by atoms with Crippen LogP contribution in [0.2, 0.25) is 10.0 Å². The van der Waals surface area contributed by atoms with E-state index in [1.807, 2.05) is 6.92 Å². The molecule has 2 aromatic rings. The molecule has 0 atom stereocenters. The lowest BCUT2D eigenvalue weighted by molar-refractivity contribution is 0.0993. The summed E-state index contributed by atoms with van der Waals surface area (Å²) in [6, 6.07) is 4.84. The van der Waals surface area contributed by atoms with Gasteiger partial charge in [0.25, 0.3) is 5.91 Å². The van der Waals surface area contributed by atoms with E-state index < -0.39 is 5.91 Å². The van der Waals surface area contributed by atoms with Gasteiger partial charge in [0.05, 0.1) is 16.4 Å². The molecule has 0 unspecified atom stereocenters. The molecule has 5 N–H and O–H groups in total. The van der Waals surface area contributed by atoms with E-state index in [4.69, 9.17) is 39.1 Å². The second-order valence-corrected chi connectivity index (χ2v) is 8.37. The molecule has 1 aliphatic carbocycles. The van der Waals surface area contributed by atoms with E-state index in [1.165, 1.54) is 0 Å². The van der Waals surface area contributed by atoms with E-state index in [0.717, 1.165) is 5.56 Å². The van der Waals surface area contributed by atoms with E-state index in [2.05, 4.69) is 29.4 Å². The standard InChI is InChI=1S/C19H21Cl2N5O2/c1-9-15-13(25-26-18(22)23)7-19(2,3)8-14(15)28-16(9)17(27)24-12-5-4-10(20)6-11(12)21/h4-6H,7-8H2,1-3H3,(H,24,27)(H4,22,23,26)/b25-13-. The van der Waals surface area contributed by atoms with E-state index >= 15 is 0 Å². The molecular formula is C19H21Cl2N5O2. The van der Waals surface area contributed by atoms with Crippen molar-refractivity contribution in [2.75, 3.05) is 5.32 Å². The smallest absolute Gasteiger partial charge is 0.291 e. The molecule has 3 rings (SSSR count). The third-order valence-corrected chi connectivity index (χ3v) is 5.01. The first-order valence-electron chi connectivity index (χ1n) is 8.62. The molecule has 1 aliphatic rings. The van der Waals surface area contributed by atoms with Crippen LogP contribution in [-0.2, 0) is 6.42 Å². The van der Waals surface area contributed by atoms with Crippen LogP contribution in [0.5, 0.6) is 0 Å². The molecule has 0 radical (unpaired) electrons. The lowest BCUT2D eigenvalue weighted by Gasteiger charge is -2.29. The quantitative estimate of drug-likeness (QED) is 0.392. The highest BCUT2D eigenvalue weighted by Gasteiger charge is 2.36. The van der Waals surface area contributed by atoms with E-state index in [-0.39, 0.29) is 17.1 Å². The third kappa shape index (κ3) is 4.15. The Labute approximate surface area is 172 Å². The number of nitrogens with one attached hydrogen (secondary N) is 1. The van der Waals surface area contributed by atoms with Gasteiger partial charge in [-0.15, -0.1) is 5.10 Å². The topological polar surface area (TPSA) is 119 Å². The minimum Gasteiger partial charge on any atom is -0.455 e. The highest BCUT2D eigenvalue weighted by atomic mass is 35.5. The summed E-state index contributed by atoms with van der Waals surface area (Å²) in [6.07, 6.45) is 1.32. The number of halogens is 2. The molecule has 148 valence electrons. The zero-order valence-corrected chi connectivity index (χ0v) is 17.3. The van der Waals surface area contributed by atoms with Crippen molar-refractivity contribution in [1.29, 1.82) is 0 Å². The number of rotatable bonds is 3. The highest BCUT2D eigenvalue weighted by molar-refractivity contribution is 6.36. The molecule has 28 heavy (non-hydrogen) atoms. The summed E-state index contributed by atoms with van der Waals surface area (Å²) in [6.45, 7) is 5.99. The Morgan fingerprint density at radius 2 is 1.96 bits per heavy atom. The van der Waals surface area contributed by atoms with Crippen molar-refractivity contribution in [3.05, 3.63) is 50.9 Å². The Morgan fingerprint density at radius 1 is 1.25 bits per heavy atom. The van der Waals surface area contributed by atoms with Gasteiger partial charge < -0.3 is 21.2 Å². The average molecular weight is 422 g/mol. The van der Waals surface area contributed by atoms with Crippen LogP contribution < -0.4 is 16.8 Å². The van der Waals surface area contributed by atoms with Gasteiger partial charge in [-0.2, -0.15) is 5.10 Å². The lowest BCUT2D eigenvalue weighted by Crippen LogP contribution is -2.27. The zero-order valence-electron chi connectivity index (χ0n) is 15.8. The maximum Gasteiger partial charge on any atom is 0.291 e. The summed E-state index contributed by atoms with van der Waals surface area (Å²) >= 11 is 12.0. The Hall–Kier alpha value is -2.51. The highest BCUT2D eigenvalue weighted by Crippen LogP contribution is 2.39. The number of hydrogen-bond donors (Lipinski definition) is 3. The lowest BCUT2D eigenvalue weighted by atomic mass is 9.75. The summed E-state index contributed by atoms with van der Waals surface area (Å²) < 4.78 is 5.93. The van der Waals surface area contributed by atoms with Crippen LogP contribution in [0, 0.1) is 12.3 Å². The second-order valence-electron chi connectivity index (χ2n) is 7.52. The van der Waals surface area contributed by atoms with Crippen LogP contribution in [0.3, 0.4) is 0 Å². The number of carbonyl (C=O) groups is 1. The van der Waals surface area contributed by atoms with Crippen LogP contribution in [-0.4, -0.2) is 17.6 Å². The molecule has 1 aromatic carbocycles. The van der Waals surface area contributed by atoms with Crippen LogP contribution in [0.15, 0.2) is 32.8 Å². The first-order chi connectivity index (χ1) is 13.1. The van der Waals surface area contributed by atoms with Crippen molar-refractivity contribution in [2.24, 2.45) is 27.1 Å². The number of anilines is 1. The fraction of sp³-hybridized carbons (Fsp3) is 0.316. The fourth-order valence-corrected chi connectivity index (χ4v) is 3.76. The molecule has 0 spiro atoms. The van der Waals surface area contributed by atoms with Crippen molar-refractivity contribution in [1.82, 2.24) is 0 Å². The third-order valence-electron chi connectivity index (χ3n) is 4.47. The molecule has 1 amide bonds. The van der Waals surface area contributed by atoms with Gasteiger partial charge in [-0.05, 0) is 37.0 Å². The Kier molecular flexibility index (Phi) is 5.41. The molecule has 9 heteroatoms. The largest absolute Gasteiger partial charge is 0.455 e. The van der Waals surface area contributed by atoms with Gasteiger partial charge >= 0.3 is 0 Å². The number of benzene rings is 1. The number of guanidine groups is 1. The number of carbonyl (C=O) groups excluding carboxylic acids is 1. The van der Waals surface area contributed by atoms with Gasteiger partial charge in [0.1, 0.15) is 5.76 Å². The Bertz CT molecular complexity index is 1000. The number of hydrogen-bond acceptors (Lipinski definition) is 4. The molecule has 0 aliphatic heterocycles. The van der Waals surface area contributed by atoms with Gasteiger partial charge in [0.2, 0.25) is 5.96 Å². The average Bonchev–Trinajstić information content (AvgIpc) is 2.90. The van der Waals surface area contributed by atoms with Crippen molar-refractivity contribution in [3.8, 4) is 0 Å². The number of furan rings is 1. The SMILES string of the molecule is Cc1c(C(=O)Nc2ccc(Cl)cc2Cl)oc2c1/C(=N\N=C(N)N)CC(C)(C)C2. The van der Waals surface area contributed by atoms with Crippen LogP contribution >= 0.6 is 23.2 Å². The predicted molar refractivity (Wildman–Crippen MR) is 112 cm³/mol. The summed E-state index contributed by atoms with van der Waals surface area (Å²) in [5.74, 6) is 0.348. The molecule has 0 bridgehead atoms. The number of nitrogens with zero attached hydrogens (tertiary/aromatic N) is 2. The van der Waals surface area contributed by atoms with E-state index in [9.17, 15) is 4.79 Å². The molecule has 0 fully saturated rings. The van der Waals surface area contributed by atoms with E-state index in [0.29, 0.717) is 45.6 Å². The molecular weight excluding hydrogens is 401 g/mol. The van der Waals surface area contributed by atoms with Gasteiger partial charge in [-0.3, -0.25) is 4.79 Å². The number of nitrogens with two attached hydrogens (primary N) is 2. The van der Waals surface area contributed by atoms with E-state index in [1.54, 1.807) is 18.2 Å². The fourth-order valence-electron chi connectivity index (χ4n) is 3.30. The molecule has 0 saturated heterocycles. The molecule has 7 nitrogen and oxygen atoms in total. The van der Waals surface area contributed by atoms with Crippen LogP contribution in [0.1, 0.15) is 47.7 Å². The molecule has 1 aromatic heterocycles. The first kappa shape index (κ1) is 20.2. The van der Waals surface area contributed by atoms with Crippen molar-refractivity contribution < 1.29 is 9.21 Å². The first-order valence-corrected chi connectivity index (χ1v) is 9.37. The van der Waals surface area contributed by atoms with Crippen LogP contribution in [0.25, 0.3) is 0 Å². The number of amides is 1. The summed E-state index contributed by atoms with van der Waals surface area (Å²) in [5.41, 5.74) is 13.3. The second kappa shape index (κ2) is 7.48. The minimum atomic E-state index is -0.407. The number of fused-ring (bicyclic) bond motifs is 1. The Balaban J connectivity index is 2.00.